The van der Waals surface area contributed by atoms with Crippen LogP contribution in [0.1, 0.15) is 6.42 Å². The van der Waals surface area contributed by atoms with Gasteiger partial charge in [0.25, 0.3) is 0 Å². The molecule has 0 saturated carbocycles. The van der Waals surface area contributed by atoms with Gasteiger partial charge in [0.05, 0.1) is 7.85 Å². The number of halogens is 1. The van der Waals surface area contributed by atoms with Gasteiger partial charge in [0, 0.05) is 0 Å². The van der Waals surface area contributed by atoms with Gasteiger partial charge in [-0.2, -0.15) is 0 Å². The van der Waals surface area contributed by atoms with Gasteiger partial charge < -0.3 is 0 Å². The normalized spacial score (nSPS) is 27.6. The van der Waals surface area contributed by atoms with Crippen LogP contribution in [0.4, 0.5) is 4.39 Å². The molecule has 1 unspecified atom stereocenters. The van der Waals surface area contributed by atoms with Gasteiger partial charge in [-0.1, -0.05) is 11.9 Å². The van der Waals surface area contributed by atoms with E-state index in [0.717, 1.165) is 0 Å². The summed E-state index contributed by atoms with van der Waals surface area (Å²) >= 11 is 0. The van der Waals surface area contributed by atoms with Crippen LogP contribution in [0.3, 0.4) is 0 Å². The molecule has 0 amide bonds. The smallest absolute Gasteiger partial charge is 0.118 e. The fraction of sp³-hybridized carbons (Fsp3) is 0.333. The van der Waals surface area contributed by atoms with Crippen molar-refractivity contribution in [2.24, 2.45) is 0 Å². The molecule has 0 N–H and O–H groups in total. The lowest BCUT2D eigenvalue weighted by atomic mass is 9.82. The van der Waals surface area contributed by atoms with Crippen molar-refractivity contribution in [3.8, 4) is 0 Å². The van der Waals surface area contributed by atoms with Crippen LogP contribution in [0, 0.1) is 0 Å². The highest BCUT2D eigenvalue weighted by atomic mass is 19.1. The second kappa shape index (κ2) is 2.16. The van der Waals surface area contributed by atoms with Crippen LogP contribution in [0.5, 0.6) is 0 Å². The largest absolute Gasteiger partial charge is 0.207 e. The highest BCUT2D eigenvalue weighted by molar-refractivity contribution is 6.13. The average Bonchev–Trinajstić information content (AvgIpc) is 1.77. The number of hydrogen-bond acceptors (Lipinski definition) is 0. The van der Waals surface area contributed by atoms with E-state index in [1.165, 1.54) is 12.2 Å². The fourth-order valence-electron chi connectivity index (χ4n) is 0.611. The van der Waals surface area contributed by atoms with Crippen LogP contribution >= 0.6 is 0 Å². The summed E-state index contributed by atoms with van der Waals surface area (Å²) < 4.78 is 12.1. The van der Waals surface area contributed by atoms with E-state index in [9.17, 15) is 4.39 Å². The quantitative estimate of drug-likeness (QED) is 0.414. The maximum atomic E-state index is 12.1. The van der Waals surface area contributed by atoms with Crippen molar-refractivity contribution < 1.29 is 4.39 Å². The Hall–Kier alpha value is -0.525. The standard InChI is InChI=1S/C6H6BF/c7-5-1-3-6(8)4-2-5/h1,3-5H,2H2. The van der Waals surface area contributed by atoms with Crippen LogP contribution < -0.4 is 0 Å². The molecule has 1 atom stereocenters. The van der Waals surface area contributed by atoms with E-state index < -0.39 is 0 Å². The minimum Gasteiger partial charge on any atom is -0.207 e. The predicted molar refractivity (Wildman–Crippen MR) is 32.5 cm³/mol. The van der Waals surface area contributed by atoms with Crippen molar-refractivity contribution in [3.05, 3.63) is 24.1 Å². The lowest BCUT2D eigenvalue weighted by Crippen LogP contribution is -1.89. The Kier molecular flexibility index (Phi) is 1.52. The summed E-state index contributed by atoms with van der Waals surface area (Å²) in [5, 5.41) is 0. The molecule has 2 heteroatoms. The van der Waals surface area contributed by atoms with Crippen molar-refractivity contribution in [1.82, 2.24) is 0 Å². The van der Waals surface area contributed by atoms with E-state index >= 15 is 0 Å². The molecule has 0 aromatic carbocycles. The molecule has 2 radical (unpaired) electrons. The molecule has 0 nitrogen and oxygen atoms in total. The molecule has 0 saturated heterocycles. The third kappa shape index (κ3) is 1.22. The van der Waals surface area contributed by atoms with E-state index in [1.54, 1.807) is 6.08 Å². The Bertz CT molecular complexity index is 137. The summed E-state index contributed by atoms with van der Waals surface area (Å²) in [6, 6.07) is 0. The molecule has 0 aromatic heterocycles. The lowest BCUT2D eigenvalue weighted by molar-refractivity contribution is 0.652. The van der Waals surface area contributed by atoms with Crippen molar-refractivity contribution in [1.29, 1.82) is 0 Å². The lowest BCUT2D eigenvalue weighted by Gasteiger charge is -2.04. The third-order valence-corrected chi connectivity index (χ3v) is 1.09. The molecular weight excluding hydrogens is 102 g/mol. The van der Waals surface area contributed by atoms with Gasteiger partial charge in [0.1, 0.15) is 5.83 Å². The maximum absolute atomic E-state index is 12.1. The summed E-state index contributed by atoms with van der Waals surface area (Å²) in [6.45, 7) is 0. The molecular formula is C6H6BF. The van der Waals surface area contributed by atoms with Gasteiger partial charge in [-0.05, 0) is 18.6 Å². The monoisotopic (exact) mass is 108 g/mol. The second-order valence-corrected chi connectivity index (χ2v) is 1.85. The maximum Gasteiger partial charge on any atom is 0.118 e. The topological polar surface area (TPSA) is 0 Å². The summed E-state index contributed by atoms with van der Waals surface area (Å²) in [4.78, 5) is 0. The number of allylic oxidation sites excluding steroid dienone is 4. The molecule has 0 aromatic rings. The molecule has 1 rings (SSSR count). The first-order valence-electron chi connectivity index (χ1n) is 2.58. The molecule has 1 aliphatic rings. The minimum absolute atomic E-state index is 0.0227. The van der Waals surface area contributed by atoms with E-state index in [-0.39, 0.29) is 11.6 Å². The minimum atomic E-state index is -0.174. The summed E-state index contributed by atoms with van der Waals surface area (Å²) in [6.07, 6.45) is 5.18. The fourth-order valence-corrected chi connectivity index (χ4v) is 0.611. The van der Waals surface area contributed by atoms with Crippen molar-refractivity contribution in [2.75, 3.05) is 0 Å². The molecule has 0 fully saturated rings. The van der Waals surface area contributed by atoms with Crippen molar-refractivity contribution in [3.63, 3.8) is 0 Å². The Morgan fingerprint density at radius 3 is 2.88 bits per heavy atom. The zero-order valence-corrected chi connectivity index (χ0v) is 4.47. The SMILES string of the molecule is [B]C1C=CC(F)=CC1. The number of hydrogen-bond donors (Lipinski definition) is 0. The Balaban J connectivity index is 2.58. The zero-order chi connectivity index (χ0) is 5.98. The van der Waals surface area contributed by atoms with Gasteiger partial charge in [-0.25, -0.2) is 4.39 Å². The van der Waals surface area contributed by atoms with Gasteiger partial charge in [-0.15, -0.1) is 0 Å². The first kappa shape index (κ1) is 5.61. The molecule has 0 aliphatic heterocycles. The Morgan fingerprint density at radius 2 is 2.50 bits per heavy atom. The Morgan fingerprint density at radius 1 is 1.75 bits per heavy atom. The summed E-state index contributed by atoms with van der Waals surface area (Å²) in [5.74, 6) is -0.152. The number of rotatable bonds is 0. The highest BCUT2D eigenvalue weighted by Crippen LogP contribution is 2.17. The second-order valence-electron chi connectivity index (χ2n) is 1.85. The van der Waals surface area contributed by atoms with Crippen molar-refractivity contribution >= 4 is 7.85 Å². The van der Waals surface area contributed by atoms with Crippen LogP contribution in [0.2, 0.25) is 5.82 Å². The van der Waals surface area contributed by atoms with Gasteiger partial charge in [-0.3, -0.25) is 0 Å². The van der Waals surface area contributed by atoms with Crippen LogP contribution in [-0.2, 0) is 0 Å². The Labute approximate surface area is 49.5 Å². The van der Waals surface area contributed by atoms with Crippen LogP contribution in [0.15, 0.2) is 24.1 Å². The van der Waals surface area contributed by atoms with Gasteiger partial charge in [0.15, 0.2) is 0 Å². The van der Waals surface area contributed by atoms with E-state index in [1.807, 2.05) is 0 Å². The molecule has 0 spiro atoms. The first-order chi connectivity index (χ1) is 3.79. The molecule has 8 heavy (non-hydrogen) atoms. The molecule has 40 valence electrons. The molecule has 0 heterocycles. The zero-order valence-electron chi connectivity index (χ0n) is 4.47. The van der Waals surface area contributed by atoms with E-state index in [4.69, 9.17) is 7.85 Å². The third-order valence-electron chi connectivity index (χ3n) is 1.09. The average molecular weight is 108 g/mol. The van der Waals surface area contributed by atoms with Gasteiger partial charge >= 0.3 is 0 Å². The van der Waals surface area contributed by atoms with Crippen molar-refractivity contribution in [2.45, 2.75) is 12.2 Å². The van der Waals surface area contributed by atoms with Gasteiger partial charge in [0.2, 0.25) is 0 Å². The van der Waals surface area contributed by atoms with Crippen LogP contribution in [-0.4, -0.2) is 7.85 Å². The van der Waals surface area contributed by atoms with Crippen LogP contribution in [0.25, 0.3) is 0 Å². The first-order valence-corrected chi connectivity index (χ1v) is 2.58. The highest BCUT2D eigenvalue weighted by Gasteiger charge is 2.00. The molecule has 0 bridgehead atoms. The molecule has 1 aliphatic carbocycles. The summed E-state index contributed by atoms with van der Waals surface area (Å²) in [5.41, 5.74) is 0. The van der Waals surface area contributed by atoms with E-state index in [0.29, 0.717) is 6.42 Å². The van der Waals surface area contributed by atoms with E-state index in [2.05, 4.69) is 0 Å². The predicted octanol–water partition coefficient (Wildman–Crippen LogP) is 1.76. The summed E-state index contributed by atoms with van der Waals surface area (Å²) in [7, 11) is 5.40.